The van der Waals surface area contributed by atoms with E-state index in [0.717, 1.165) is 25.6 Å². The van der Waals surface area contributed by atoms with Crippen molar-refractivity contribution in [2.45, 2.75) is 53.1 Å². The SMILES string of the molecule is CCC1CCCN(Cc2ccccc2CNCC(C)C)C1. The predicted octanol–water partition coefficient (Wildman–Crippen LogP) is 4.05. The second kappa shape index (κ2) is 8.55. The highest BCUT2D eigenvalue weighted by atomic mass is 15.1. The molecule has 0 aliphatic carbocycles. The number of piperidine rings is 1. The van der Waals surface area contributed by atoms with Crippen LogP contribution in [0.5, 0.6) is 0 Å². The number of likely N-dealkylation sites (tertiary alicyclic amines) is 1. The number of nitrogens with one attached hydrogen (secondary N) is 1. The van der Waals surface area contributed by atoms with Gasteiger partial charge in [0.25, 0.3) is 0 Å². The lowest BCUT2D eigenvalue weighted by atomic mass is 9.95. The average molecular weight is 288 g/mol. The molecule has 2 heteroatoms. The number of benzene rings is 1. The maximum atomic E-state index is 3.58. The molecule has 1 aromatic carbocycles. The Bertz CT molecular complexity index is 414. The normalized spacial score (nSPS) is 20.1. The van der Waals surface area contributed by atoms with Gasteiger partial charge in [-0.3, -0.25) is 4.90 Å². The molecule has 0 aromatic heterocycles. The van der Waals surface area contributed by atoms with Gasteiger partial charge in [0.2, 0.25) is 0 Å². The smallest absolute Gasteiger partial charge is 0.0237 e. The van der Waals surface area contributed by atoms with Crippen molar-refractivity contribution in [3.63, 3.8) is 0 Å². The molecule has 0 spiro atoms. The molecule has 1 atom stereocenters. The van der Waals surface area contributed by atoms with Crippen molar-refractivity contribution in [2.24, 2.45) is 11.8 Å². The molecule has 1 aliphatic rings. The van der Waals surface area contributed by atoms with E-state index in [1.54, 1.807) is 0 Å². The first-order chi connectivity index (χ1) is 10.2. The summed E-state index contributed by atoms with van der Waals surface area (Å²) in [6, 6.07) is 8.94. The van der Waals surface area contributed by atoms with Gasteiger partial charge in [-0.25, -0.2) is 0 Å². The Kier molecular flexibility index (Phi) is 6.72. The Balaban J connectivity index is 1.92. The zero-order valence-electron chi connectivity index (χ0n) is 14.1. The highest BCUT2D eigenvalue weighted by molar-refractivity contribution is 5.27. The molecule has 1 fully saturated rings. The van der Waals surface area contributed by atoms with Crippen molar-refractivity contribution < 1.29 is 0 Å². The summed E-state index contributed by atoms with van der Waals surface area (Å²) in [6.45, 7) is 12.6. The predicted molar refractivity (Wildman–Crippen MR) is 91.3 cm³/mol. The second-order valence-corrected chi connectivity index (χ2v) is 6.95. The van der Waals surface area contributed by atoms with E-state index in [2.05, 4.69) is 55.3 Å². The van der Waals surface area contributed by atoms with E-state index >= 15 is 0 Å². The third kappa shape index (κ3) is 5.44. The number of nitrogens with zero attached hydrogens (tertiary/aromatic N) is 1. The van der Waals surface area contributed by atoms with Gasteiger partial charge in [-0.15, -0.1) is 0 Å². The molecule has 0 radical (unpaired) electrons. The topological polar surface area (TPSA) is 15.3 Å². The lowest BCUT2D eigenvalue weighted by Crippen LogP contribution is -2.35. The quantitative estimate of drug-likeness (QED) is 0.814. The number of hydrogen-bond donors (Lipinski definition) is 1. The molecule has 1 saturated heterocycles. The van der Waals surface area contributed by atoms with Crippen LogP contribution < -0.4 is 5.32 Å². The largest absolute Gasteiger partial charge is 0.312 e. The number of rotatable bonds is 7. The van der Waals surface area contributed by atoms with Gasteiger partial charge < -0.3 is 5.32 Å². The van der Waals surface area contributed by atoms with Crippen molar-refractivity contribution in [3.05, 3.63) is 35.4 Å². The van der Waals surface area contributed by atoms with Crippen molar-refractivity contribution in [3.8, 4) is 0 Å². The summed E-state index contributed by atoms with van der Waals surface area (Å²) in [5.41, 5.74) is 2.97. The second-order valence-electron chi connectivity index (χ2n) is 6.95. The third-order valence-electron chi connectivity index (χ3n) is 4.56. The maximum absolute atomic E-state index is 3.58. The first kappa shape index (κ1) is 16.5. The highest BCUT2D eigenvalue weighted by Gasteiger charge is 2.19. The van der Waals surface area contributed by atoms with Crippen molar-refractivity contribution >= 4 is 0 Å². The minimum Gasteiger partial charge on any atom is -0.312 e. The molecule has 1 aliphatic heterocycles. The number of hydrogen-bond acceptors (Lipinski definition) is 2. The highest BCUT2D eigenvalue weighted by Crippen LogP contribution is 2.21. The molecule has 0 bridgehead atoms. The zero-order valence-corrected chi connectivity index (χ0v) is 14.1. The summed E-state index contributed by atoms with van der Waals surface area (Å²) >= 11 is 0. The van der Waals surface area contributed by atoms with E-state index in [4.69, 9.17) is 0 Å². The van der Waals surface area contributed by atoms with Gasteiger partial charge in [0.15, 0.2) is 0 Å². The van der Waals surface area contributed by atoms with Gasteiger partial charge in [-0.2, -0.15) is 0 Å². The van der Waals surface area contributed by atoms with Gasteiger partial charge in [0.05, 0.1) is 0 Å². The Morgan fingerprint density at radius 2 is 2.00 bits per heavy atom. The molecule has 118 valence electrons. The van der Waals surface area contributed by atoms with Crippen LogP contribution in [-0.2, 0) is 13.1 Å². The van der Waals surface area contributed by atoms with E-state index < -0.39 is 0 Å². The summed E-state index contributed by atoms with van der Waals surface area (Å²) in [6.07, 6.45) is 4.12. The summed E-state index contributed by atoms with van der Waals surface area (Å²) in [7, 11) is 0. The molecule has 0 saturated carbocycles. The van der Waals surface area contributed by atoms with Crippen molar-refractivity contribution in [2.75, 3.05) is 19.6 Å². The van der Waals surface area contributed by atoms with Gasteiger partial charge >= 0.3 is 0 Å². The van der Waals surface area contributed by atoms with Gasteiger partial charge in [-0.1, -0.05) is 51.5 Å². The summed E-state index contributed by atoms with van der Waals surface area (Å²) < 4.78 is 0. The molecule has 21 heavy (non-hydrogen) atoms. The fraction of sp³-hybridized carbons (Fsp3) is 0.684. The minimum atomic E-state index is 0.713. The first-order valence-corrected chi connectivity index (χ1v) is 8.69. The summed E-state index contributed by atoms with van der Waals surface area (Å²) in [5.74, 6) is 1.62. The van der Waals surface area contributed by atoms with Gasteiger partial charge in [0, 0.05) is 19.6 Å². The first-order valence-electron chi connectivity index (χ1n) is 8.69. The maximum Gasteiger partial charge on any atom is 0.0237 e. The van der Waals surface area contributed by atoms with Gasteiger partial charge in [0.1, 0.15) is 0 Å². The summed E-state index contributed by atoms with van der Waals surface area (Å²) in [4.78, 5) is 2.65. The lowest BCUT2D eigenvalue weighted by Gasteiger charge is -2.32. The van der Waals surface area contributed by atoms with Gasteiger partial charge in [-0.05, 0) is 48.9 Å². The Labute approximate surface area is 130 Å². The van der Waals surface area contributed by atoms with Crippen LogP contribution in [0.25, 0.3) is 0 Å². The standard InChI is InChI=1S/C19H32N2/c1-4-17-8-7-11-21(14-17)15-19-10-6-5-9-18(19)13-20-12-16(2)3/h5-6,9-10,16-17,20H,4,7-8,11-15H2,1-3H3. The molecule has 0 amide bonds. The van der Waals surface area contributed by atoms with Crippen LogP contribution in [0.4, 0.5) is 0 Å². The molecule has 1 heterocycles. The van der Waals surface area contributed by atoms with Crippen LogP contribution in [0.2, 0.25) is 0 Å². The van der Waals surface area contributed by atoms with E-state index in [0.29, 0.717) is 5.92 Å². The Morgan fingerprint density at radius 3 is 2.71 bits per heavy atom. The van der Waals surface area contributed by atoms with Crippen LogP contribution >= 0.6 is 0 Å². The minimum absolute atomic E-state index is 0.713. The van der Waals surface area contributed by atoms with Crippen LogP contribution in [0.1, 0.15) is 51.2 Å². The average Bonchev–Trinajstić information content (AvgIpc) is 2.49. The van der Waals surface area contributed by atoms with E-state index in [1.807, 2.05) is 0 Å². The fourth-order valence-corrected chi connectivity index (χ4v) is 3.25. The molecule has 1 aromatic rings. The van der Waals surface area contributed by atoms with E-state index in [9.17, 15) is 0 Å². The van der Waals surface area contributed by atoms with E-state index in [-0.39, 0.29) is 0 Å². The molecule has 2 nitrogen and oxygen atoms in total. The molecular formula is C19H32N2. The Morgan fingerprint density at radius 1 is 1.24 bits per heavy atom. The monoisotopic (exact) mass is 288 g/mol. The van der Waals surface area contributed by atoms with Crippen molar-refractivity contribution in [1.29, 1.82) is 0 Å². The van der Waals surface area contributed by atoms with Crippen LogP contribution in [0.15, 0.2) is 24.3 Å². The summed E-state index contributed by atoms with van der Waals surface area (Å²) in [5, 5.41) is 3.58. The molecule has 1 unspecified atom stereocenters. The molecule has 1 N–H and O–H groups in total. The molecular weight excluding hydrogens is 256 g/mol. The fourth-order valence-electron chi connectivity index (χ4n) is 3.25. The van der Waals surface area contributed by atoms with Crippen LogP contribution in [0.3, 0.4) is 0 Å². The third-order valence-corrected chi connectivity index (χ3v) is 4.56. The van der Waals surface area contributed by atoms with Crippen molar-refractivity contribution in [1.82, 2.24) is 10.2 Å². The lowest BCUT2D eigenvalue weighted by molar-refractivity contribution is 0.164. The Hall–Kier alpha value is -0.860. The molecule has 2 rings (SSSR count). The van der Waals surface area contributed by atoms with E-state index in [1.165, 1.54) is 43.5 Å². The van der Waals surface area contributed by atoms with Crippen LogP contribution in [0, 0.1) is 11.8 Å². The zero-order chi connectivity index (χ0) is 15.1. The van der Waals surface area contributed by atoms with Crippen LogP contribution in [-0.4, -0.2) is 24.5 Å².